The first-order chi connectivity index (χ1) is 4.43. The Morgan fingerprint density at radius 3 is 2.44 bits per heavy atom. The minimum atomic E-state index is -0.514. The zero-order chi connectivity index (χ0) is 6.53. The first-order valence-electron chi connectivity index (χ1n) is 2.91. The van der Waals surface area contributed by atoms with Gasteiger partial charge in [0.05, 0.1) is 0 Å². The molecule has 0 aliphatic rings. The number of hydrogen-bond acceptors (Lipinski definition) is 1. The molecule has 0 amide bonds. The molecule has 0 aliphatic heterocycles. The Balaban J connectivity index is 2.61. The molecule has 1 nitrogen and oxygen atoms in total. The van der Waals surface area contributed by atoms with Crippen LogP contribution >= 0.6 is 0 Å². The fourth-order valence-electron chi connectivity index (χ4n) is 0.714. The van der Waals surface area contributed by atoms with E-state index in [0.29, 0.717) is 0 Å². The normalized spacial score (nSPS) is 9.44. The zero-order valence-electron chi connectivity index (χ0n) is 5.17. The summed E-state index contributed by atoms with van der Waals surface area (Å²) in [6.45, 7) is 0. The van der Waals surface area contributed by atoms with Crippen LogP contribution in [0.2, 0.25) is 0 Å². The summed E-state index contributed by atoms with van der Waals surface area (Å²) < 4.78 is 6.69. The monoisotopic (exact) mass is 227 g/mol. The molecular weight excluding hydrogens is 217 g/mol. The molecule has 1 rings (SSSR count). The van der Waals surface area contributed by atoms with Gasteiger partial charge in [0.1, 0.15) is 0 Å². The van der Waals surface area contributed by atoms with Crippen LogP contribution in [0, 0.1) is 0 Å². The van der Waals surface area contributed by atoms with Crippen LogP contribution in [0.1, 0.15) is 5.56 Å². The van der Waals surface area contributed by atoms with E-state index in [2.05, 4.69) is 24.3 Å². The van der Waals surface area contributed by atoms with Gasteiger partial charge in [0, 0.05) is 0 Å². The summed E-state index contributed by atoms with van der Waals surface area (Å²) in [7, 11) is 0. The first kappa shape index (κ1) is 7.09. The fraction of sp³-hybridized carbons (Fsp3) is 0.143. The van der Waals surface area contributed by atoms with Crippen molar-refractivity contribution in [1.29, 1.82) is 0 Å². The Labute approximate surface area is 65.8 Å². The van der Waals surface area contributed by atoms with Gasteiger partial charge in [-0.2, -0.15) is 0 Å². The van der Waals surface area contributed by atoms with Crippen molar-refractivity contribution in [3.8, 4) is 0 Å². The molecule has 2 radical (unpaired) electrons. The molecule has 0 atom stereocenters. The van der Waals surface area contributed by atoms with Crippen LogP contribution in [0.5, 0.6) is 0 Å². The third-order valence-corrected chi connectivity index (χ3v) is 2.90. The van der Waals surface area contributed by atoms with E-state index in [9.17, 15) is 0 Å². The van der Waals surface area contributed by atoms with E-state index in [-0.39, 0.29) is 0 Å². The van der Waals surface area contributed by atoms with Gasteiger partial charge in [-0.05, 0) is 0 Å². The molecule has 0 unspecified atom stereocenters. The van der Waals surface area contributed by atoms with E-state index in [1.54, 1.807) is 0 Å². The van der Waals surface area contributed by atoms with Crippen molar-refractivity contribution in [3.63, 3.8) is 0 Å². The molecule has 0 saturated carbocycles. The fourth-order valence-corrected chi connectivity index (χ4v) is 2.06. The summed E-state index contributed by atoms with van der Waals surface area (Å²) in [4.78, 5) is 0. The summed E-state index contributed by atoms with van der Waals surface area (Å²) in [6.07, 6.45) is 0. The molecule has 2 N–H and O–H groups in total. The Morgan fingerprint density at radius 2 is 1.89 bits per heavy atom. The van der Waals surface area contributed by atoms with Crippen molar-refractivity contribution in [3.05, 3.63) is 35.9 Å². The molecule has 2 heteroatoms. The Kier molecular flexibility index (Phi) is 3.07. The van der Waals surface area contributed by atoms with Gasteiger partial charge in [-0.15, -0.1) is 0 Å². The molecule has 0 bridgehead atoms. The molecular formula is C7H9NSn. The van der Waals surface area contributed by atoms with Gasteiger partial charge in [0.2, 0.25) is 0 Å². The molecule has 1 aromatic carbocycles. The number of benzene rings is 1. The van der Waals surface area contributed by atoms with Crippen molar-refractivity contribution in [2.24, 2.45) is 3.96 Å². The molecule has 0 aliphatic carbocycles. The van der Waals surface area contributed by atoms with Gasteiger partial charge in [0.15, 0.2) is 0 Å². The second-order valence-electron chi connectivity index (χ2n) is 1.87. The maximum absolute atomic E-state index is 5.53. The predicted molar refractivity (Wildman–Crippen MR) is 40.1 cm³/mol. The third kappa shape index (κ3) is 2.37. The molecule has 1 aromatic rings. The van der Waals surface area contributed by atoms with Crippen LogP contribution in [-0.4, -0.2) is 21.4 Å². The summed E-state index contributed by atoms with van der Waals surface area (Å²) in [5.41, 5.74) is 1.40. The maximum atomic E-state index is 5.53. The molecule has 0 heterocycles. The van der Waals surface area contributed by atoms with Crippen molar-refractivity contribution in [2.75, 3.05) is 0 Å². The molecule has 9 heavy (non-hydrogen) atoms. The number of rotatable bonds is 2. The van der Waals surface area contributed by atoms with Crippen molar-refractivity contribution in [2.45, 2.75) is 4.44 Å². The minimum absolute atomic E-state index is 0.514. The van der Waals surface area contributed by atoms with Crippen molar-refractivity contribution < 1.29 is 0 Å². The second-order valence-corrected chi connectivity index (χ2v) is 4.04. The van der Waals surface area contributed by atoms with Gasteiger partial charge < -0.3 is 0 Å². The van der Waals surface area contributed by atoms with Crippen LogP contribution < -0.4 is 3.96 Å². The molecule has 0 fully saturated rings. The Bertz CT molecular complexity index is 162. The van der Waals surface area contributed by atoms with Crippen LogP contribution in [0.3, 0.4) is 0 Å². The van der Waals surface area contributed by atoms with E-state index in [1.807, 2.05) is 6.07 Å². The van der Waals surface area contributed by atoms with Crippen LogP contribution in [-0.2, 0) is 4.44 Å². The molecule has 0 spiro atoms. The van der Waals surface area contributed by atoms with E-state index >= 15 is 0 Å². The molecule has 0 aromatic heterocycles. The third-order valence-electron chi connectivity index (χ3n) is 1.15. The number of hydrogen-bond donors (Lipinski definition) is 1. The SMILES string of the molecule is [NH2][Sn][CH2]c1ccccc1. The van der Waals surface area contributed by atoms with Gasteiger partial charge in [-0.25, -0.2) is 0 Å². The zero-order valence-corrected chi connectivity index (χ0v) is 8.03. The summed E-state index contributed by atoms with van der Waals surface area (Å²) >= 11 is -0.514. The average Bonchev–Trinajstić information content (AvgIpc) is 1.91. The quantitative estimate of drug-likeness (QED) is 0.740. The average molecular weight is 226 g/mol. The van der Waals surface area contributed by atoms with Crippen LogP contribution in [0.25, 0.3) is 0 Å². The van der Waals surface area contributed by atoms with E-state index in [4.69, 9.17) is 3.96 Å². The molecule has 46 valence electrons. The Morgan fingerprint density at radius 1 is 1.22 bits per heavy atom. The van der Waals surface area contributed by atoms with Gasteiger partial charge in [0.25, 0.3) is 0 Å². The van der Waals surface area contributed by atoms with E-state index in [0.717, 1.165) is 4.44 Å². The van der Waals surface area contributed by atoms with Gasteiger partial charge >= 0.3 is 65.7 Å². The standard InChI is InChI=1S/C7H7.H2N.Sn/c1-7-5-3-2-4-6-7;;/h2-6H,1H2;1H2;/q;-1;+1. The topological polar surface area (TPSA) is 26.0 Å². The Hall–Kier alpha value is -0.0213. The van der Waals surface area contributed by atoms with Crippen molar-refractivity contribution in [1.82, 2.24) is 0 Å². The summed E-state index contributed by atoms with van der Waals surface area (Å²) in [5.74, 6) is 0. The van der Waals surface area contributed by atoms with E-state index in [1.165, 1.54) is 5.56 Å². The molecule has 0 saturated heterocycles. The summed E-state index contributed by atoms with van der Waals surface area (Å²) in [6, 6.07) is 10.4. The number of nitrogens with two attached hydrogens (primary N) is 1. The predicted octanol–water partition coefficient (Wildman–Crippen LogP) is 0.765. The summed E-state index contributed by atoms with van der Waals surface area (Å²) in [5, 5.41) is 0. The first-order valence-corrected chi connectivity index (χ1v) is 6.57. The van der Waals surface area contributed by atoms with Crippen molar-refractivity contribution >= 4 is 21.4 Å². The van der Waals surface area contributed by atoms with Gasteiger partial charge in [-0.3, -0.25) is 0 Å². The van der Waals surface area contributed by atoms with Gasteiger partial charge in [-0.1, -0.05) is 0 Å². The van der Waals surface area contributed by atoms with Crippen LogP contribution in [0.4, 0.5) is 0 Å². The van der Waals surface area contributed by atoms with Crippen LogP contribution in [0.15, 0.2) is 30.3 Å². The second kappa shape index (κ2) is 3.90. The van der Waals surface area contributed by atoms with E-state index < -0.39 is 21.4 Å².